The first-order valence-corrected chi connectivity index (χ1v) is 6.76. The molecule has 0 radical (unpaired) electrons. The molecule has 6 nitrogen and oxygen atoms in total. The van der Waals surface area contributed by atoms with Gasteiger partial charge in [-0.15, -0.1) is 0 Å². The van der Waals surface area contributed by atoms with Crippen molar-refractivity contribution in [3.05, 3.63) is 18.1 Å². The number of aromatic nitrogens is 2. The average molecular weight is 261 g/mol. The molecule has 4 N–H and O–H groups in total. The minimum absolute atomic E-state index is 0.269. The summed E-state index contributed by atoms with van der Waals surface area (Å²) in [5, 5.41) is 0. The average Bonchev–Trinajstić information content (AvgIpc) is 2.81. The van der Waals surface area contributed by atoms with Crippen molar-refractivity contribution in [2.45, 2.75) is 25.3 Å². The van der Waals surface area contributed by atoms with Crippen molar-refractivity contribution in [2.24, 2.45) is 23.3 Å². The van der Waals surface area contributed by atoms with E-state index in [4.69, 9.17) is 11.5 Å². The van der Waals surface area contributed by atoms with Gasteiger partial charge in [-0.05, 0) is 31.1 Å². The van der Waals surface area contributed by atoms with Crippen molar-refractivity contribution >= 4 is 11.7 Å². The van der Waals surface area contributed by atoms with Crippen LogP contribution in [-0.4, -0.2) is 35.0 Å². The molecule has 2 aliphatic rings. The van der Waals surface area contributed by atoms with E-state index in [0.717, 1.165) is 32.4 Å². The Morgan fingerprint density at radius 1 is 1.21 bits per heavy atom. The van der Waals surface area contributed by atoms with E-state index in [2.05, 4.69) is 14.9 Å². The van der Waals surface area contributed by atoms with Gasteiger partial charge in [0.15, 0.2) is 11.5 Å². The largest absolute Gasteiger partial charge is 0.364 e. The van der Waals surface area contributed by atoms with Crippen molar-refractivity contribution in [3.63, 3.8) is 0 Å². The van der Waals surface area contributed by atoms with E-state index in [-0.39, 0.29) is 5.69 Å². The Hall–Kier alpha value is -1.69. The van der Waals surface area contributed by atoms with Gasteiger partial charge in [0.2, 0.25) is 0 Å². The number of anilines is 1. The van der Waals surface area contributed by atoms with Gasteiger partial charge in [-0.1, -0.05) is 0 Å². The third kappa shape index (κ3) is 2.28. The standard InChI is InChI=1S/C13H19N5O/c14-10-2-1-8-6-18(7-9(8)5-10)13-11(12(15)19)16-3-4-17-13/h3-4,8-10H,1-2,5-7,14H2,(H2,15,19)/t8-,9+,10?/m1/s1. The van der Waals surface area contributed by atoms with E-state index in [1.165, 1.54) is 6.20 Å². The first-order valence-electron chi connectivity index (χ1n) is 6.76. The first kappa shape index (κ1) is 12.3. The van der Waals surface area contributed by atoms with Gasteiger partial charge < -0.3 is 16.4 Å². The number of hydrogen-bond acceptors (Lipinski definition) is 5. The maximum absolute atomic E-state index is 11.4. The lowest BCUT2D eigenvalue weighted by atomic mass is 9.79. The number of rotatable bonds is 2. The van der Waals surface area contributed by atoms with Crippen molar-refractivity contribution < 1.29 is 4.79 Å². The van der Waals surface area contributed by atoms with Gasteiger partial charge in [0.25, 0.3) is 5.91 Å². The van der Waals surface area contributed by atoms with Crippen LogP contribution >= 0.6 is 0 Å². The summed E-state index contributed by atoms with van der Waals surface area (Å²) < 4.78 is 0. The molecule has 1 saturated carbocycles. The first-order chi connectivity index (χ1) is 9.15. The zero-order valence-corrected chi connectivity index (χ0v) is 10.8. The molecule has 1 aliphatic carbocycles. The molecule has 1 amide bonds. The van der Waals surface area contributed by atoms with Crippen molar-refractivity contribution in [2.75, 3.05) is 18.0 Å². The van der Waals surface area contributed by atoms with E-state index < -0.39 is 5.91 Å². The van der Waals surface area contributed by atoms with Gasteiger partial charge in [-0.2, -0.15) is 0 Å². The molecule has 3 rings (SSSR count). The Balaban J connectivity index is 1.83. The van der Waals surface area contributed by atoms with E-state index >= 15 is 0 Å². The molecule has 2 heterocycles. The molecular formula is C13H19N5O. The maximum Gasteiger partial charge on any atom is 0.271 e. The molecule has 1 unspecified atom stereocenters. The summed E-state index contributed by atoms with van der Waals surface area (Å²) in [4.78, 5) is 21.9. The molecule has 0 bridgehead atoms. The fourth-order valence-corrected chi connectivity index (χ4v) is 3.38. The van der Waals surface area contributed by atoms with Crippen molar-refractivity contribution in [3.8, 4) is 0 Å². The summed E-state index contributed by atoms with van der Waals surface area (Å²) in [5.41, 5.74) is 11.7. The quantitative estimate of drug-likeness (QED) is 0.789. The minimum Gasteiger partial charge on any atom is -0.364 e. The predicted octanol–water partition coefficient (Wildman–Crippen LogP) is 0.139. The van der Waals surface area contributed by atoms with Crippen LogP contribution in [0.3, 0.4) is 0 Å². The number of carbonyl (C=O) groups excluding carboxylic acids is 1. The molecule has 6 heteroatoms. The molecule has 1 saturated heterocycles. The summed E-state index contributed by atoms with van der Waals surface area (Å²) in [6, 6.07) is 0.318. The zero-order chi connectivity index (χ0) is 13.4. The second-order valence-electron chi connectivity index (χ2n) is 5.59. The van der Waals surface area contributed by atoms with E-state index in [0.29, 0.717) is 23.7 Å². The number of hydrogen-bond donors (Lipinski definition) is 2. The van der Waals surface area contributed by atoms with Crippen LogP contribution in [0.15, 0.2) is 12.4 Å². The summed E-state index contributed by atoms with van der Waals surface area (Å²) >= 11 is 0. The van der Waals surface area contributed by atoms with Crippen molar-refractivity contribution in [1.82, 2.24) is 9.97 Å². The summed E-state index contributed by atoms with van der Waals surface area (Å²) in [6.45, 7) is 1.83. The van der Waals surface area contributed by atoms with Gasteiger partial charge in [-0.3, -0.25) is 4.79 Å². The third-order valence-electron chi connectivity index (χ3n) is 4.30. The van der Waals surface area contributed by atoms with Gasteiger partial charge in [-0.25, -0.2) is 9.97 Å². The molecular weight excluding hydrogens is 242 g/mol. The van der Waals surface area contributed by atoms with E-state index in [1.807, 2.05) is 0 Å². The predicted molar refractivity (Wildman–Crippen MR) is 71.6 cm³/mol. The molecule has 1 aromatic heterocycles. The van der Waals surface area contributed by atoms with Gasteiger partial charge in [0.1, 0.15) is 0 Å². The van der Waals surface area contributed by atoms with Crippen molar-refractivity contribution in [1.29, 1.82) is 0 Å². The number of fused-ring (bicyclic) bond motifs is 1. The topological polar surface area (TPSA) is 98.1 Å². The Morgan fingerprint density at radius 2 is 1.95 bits per heavy atom. The lowest BCUT2D eigenvalue weighted by Gasteiger charge is -2.27. The lowest BCUT2D eigenvalue weighted by molar-refractivity contribution is 0.0995. The highest BCUT2D eigenvalue weighted by molar-refractivity contribution is 5.95. The van der Waals surface area contributed by atoms with Crippen LogP contribution < -0.4 is 16.4 Å². The Kier molecular flexibility index (Phi) is 3.10. The molecule has 3 atom stereocenters. The lowest BCUT2D eigenvalue weighted by Crippen LogP contribution is -2.32. The number of carbonyl (C=O) groups is 1. The van der Waals surface area contributed by atoms with Crippen LogP contribution in [0.4, 0.5) is 5.82 Å². The minimum atomic E-state index is -0.519. The van der Waals surface area contributed by atoms with Crippen LogP contribution in [0, 0.1) is 11.8 Å². The van der Waals surface area contributed by atoms with Crippen LogP contribution in [0.1, 0.15) is 29.8 Å². The van der Waals surface area contributed by atoms with Gasteiger partial charge in [0, 0.05) is 31.5 Å². The highest BCUT2D eigenvalue weighted by Crippen LogP contribution is 2.37. The maximum atomic E-state index is 11.4. The van der Waals surface area contributed by atoms with Gasteiger partial charge in [0.05, 0.1) is 0 Å². The molecule has 1 aliphatic heterocycles. The Bertz CT molecular complexity index is 492. The van der Waals surface area contributed by atoms with Crippen LogP contribution in [0.5, 0.6) is 0 Å². The second-order valence-corrected chi connectivity index (χ2v) is 5.59. The molecule has 19 heavy (non-hydrogen) atoms. The third-order valence-corrected chi connectivity index (χ3v) is 4.30. The molecule has 0 spiro atoms. The van der Waals surface area contributed by atoms with Crippen LogP contribution in [-0.2, 0) is 0 Å². The molecule has 102 valence electrons. The number of nitrogens with zero attached hydrogens (tertiary/aromatic N) is 3. The Morgan fingerprint density at radius 3 is 2.74 bits per heavy atom. The number of nitrogens with two attached hydrogens (primary N) is 2. The highest BCUT2D eigenvalue weighted by Gasteiger charge is 2.38. The normalized spacial score (nSPS) is 30.2. The highest BCUT2D eigenvalue weighted by atomic mass is 16.1. The fraction of sp³-hybridized carbons (Fsp3) is 0.615. The summed E-state index contributed by atoms with van der Waals surface area (Å²) in [5.74, 6) is 1.36. The van der Waals surface area contributed by atoms with E-state index in [1.54, 1.807) is 6.20 Å². The zero-order valence-electron chi connectivity index (χ0n) is 10.8. The second kappa shape index (κ2) is 4.77. The van der Waals surface area contributed by atoms with E-state index in [9.17, 15) is 4.79 Å². The number of amides is 1. The van der Waals surface area contributed by atoms with Crippen LogP contribution in [0.2, 0.25) is 0 Å². The smallest absolute Gasteiger partial charge is 0.271 e. The summed E-state index contributed by atoms with van der Waals surface area (Å²) in [7, 11) is 0. The molecule has 2 fully saturated rings. The fourth-order valence-electron chi connectivity index (χ4n) is 3.38. The van der Waals surface area contributed by atoms with Gasteiger partial charge >= 0.3 is 0 Å². The van der Waals surface area contributed by atoms with Crippen LogP contribution in [0.25, 0.3) is 0 Å². The summed E-state index contributed by atoms with van der Waals surface area (Å²) in [6.07, 6.45) is 6.43. The Labute approximate surface area is 112 Å². The molecule has 1 aromatic rings. The molecule has 0 aromatic carbocycles. The monoisotopic (exact) mass is 261 g/mol. The number of primary amides is 1. The SMILES string of the molecule is NC(=O)c1nccnc1N1C[C@H]2CCC(N)C[C@H]2C1.